The topological polar surface area (TPSA) is 52.4 Å². The minimum atomic E-state index is -2.52. The third-order valence-corrected chi connectivity index (χ3v) is 3.15. The van der Waals surface area contributed by atoms with Gasteiger partial charge in [-0.3, -0.25) is 10.1 Å². The van der Waals surface area contributed by atoms with E-state index in [-0.39, 0.29) is 11.4 Å². The SMILES string of the molecule is C/C(=C\c1ccc([N+](=O)[O-])cc1)c1ccc(OC(F)=C(F)F)cc1. The van der Waals surface area contributed by atoms with Gasteiger partial charge >= 0.3 is 12.1 Å². The molecule has 2 aromatic carbocycles. The van der Waals surface area contributed by atoms with Gasteiger partial charge in [0.1, 0.15) is 5.75 Å². The molecule has 0 atom stereocenters. The molecule has 0 radical (unpaired) electrons. The van der Waals surface area contributed by atoms with Crippen LogP contribution in [0.25, 0.3) is 11.6 Å². The molecule has 2 rings (SSSR count). The van der Waals surface area contributed by atoms with Crippen LogP contribution in [-0.2, 0) is 0 Å². The molecule has 0 unspecified atom stereocenters. The Balaban J connectivity index is 2.15. The van der Waals surface area contributed by atoms with Crippen molar-refractivity contribution in [3.05, 3.63) is 81.9 Å². The van der Waals surface area contributed by atoms with Crippen LogP contribution in [0.5, 0.6) is 5.75 Å². The molecule has 7 heteroatoms. The normalized spacial score (nSPS) is 11.1. The molecule has 0 spiro atoms. The number of hydrogen-bond donors (Lipinski definition) is 0. The smallest absolute Gasteiger partial charge is 0.344 e. The highest BCUT2D eigenvalue weighted by Gasteiger charge is 2.08. The van der Waals surface area contributed by atoms with E-state index in [1.165, 1.54) is 24.3 Å². The summed E-state index contributed by atoms with van der Waals surface area (Å²) in [6.07, 6.45) is -0.713. The number of nitro benzene ring substituents is 1. The van der Waals surface area contributed by atoms with E-state index in [1.54, 1.807) is 30.3 Å². The monoisotopic (exact) mass is 335 g/mol. The lowest BCUT2D eigenvalue weighted by atomic mass is 10.0. The van der Waals surface area contributed by atoms with Crippen molar-refractivity contribution in [1.29, 1.82) is 0 Å². The molecule has 0 bridgehead atoms. The van der Waals surface area contributed by atoms with E-state index in [4.69, 9.17) is 0 Å². The van der Waals surface area contributed by atoms with Crippen LogP contribution in [0.1, 0.15) is 18.1 Å². The van der Waals surface area contributed by atoms with Crippen molar-refractivity contribution < 1.29 is 22.8 Å². The zero-order valence-corrected chi connectivity index (χ0v) is 12.5. The lowest BCUT2D eigenvalue weighted by Gasteiger charge is -2.05. The zero-order valence-electron chi connectivity index (χ0n) is 12.5. The Bertz CT molecular complexity index is 793. The first kappa shape index (κ1) is 17.3. The van der Waals surface area contributed by atoms with E-state index < -0.39 is 17.0 Å². The van der Waals surface area contributed by atoms with Crippen molar-refractivity contribution in [3.8, 4) is 5.75 Å². The van der Waals surface area contributed by atoms with Crippen molar-refractivity contribution in [2.24, 2.45) is 0 Å². The molecule has 0 heterocycles. The van der Waals surface area contributed by atoms with Crippen LogP contribution in [0.4, 0.5) is 18.9 Å². The second-order valence-electron chi connectivity index (χ2n) is 4.84. The predicted molar refractivity (Wildman–Crippen MR) is 84.1 cm³/mol. The van der Waals surface area contributed by atoms with Crippen LogP contribution in [0.2, 0.25) is 0 Å². The lowest BCUT2D eigenvalue weighted by Crippen LogP contribution is -1.91. The fourth-order valence-corrected chi connectivity index (χ4v) is 1.95. The highest BCUT2D eigenvalue weighted by Crippen LogP contribution is 2.24. The van der Waals surface area contributed by atoms with Crippen molar-refractivity contribution in [3.63, 3.8) is 0 Å². The summed E-state index contributed by atoms with van der Waals surface area (Å²) in [6, 6.07) is 10.0. The third-order valence-electron chi connectivity index (χ3n) is 3.15. The molecule has 0 saturated heterocycles. The number of non-ortho nitro benzene ring substituents is 1. The molecule has 24 heavy (non-hydrogen) atoms. The van der Waals surface area contributed by atoms with Gasteiger partial charge in [0.2, 0.25) is 0 Å². The summed E-state index contributed by atoms with van der Waals surface area (Å²) >= 11 is 0. The van der Waals surface area contributed by atoms with Crippen molar-refractivity contribution in [2.45, 2.75) is 6.92 Å². The summed E-state index contributed by atoms with van der Waals surface area (Å²) in [5.74, 6) is -0.0489. The summed E-state index contributed by atoms with van der Waals surface area (Å²) in [5.41, 5.74) is 2.38. The van der Waals surface area contributed by atoms with E-state index in [2.05, 4.69) is 4.74 Å². The molecule has 124 valence electrons. The Morgan fingerprint density at radius 1 is 1.04 bits per heavy atom. The van der Waals surface area contributed by atoms with Gasteiger partial charge in [-0.15, -0.1) is 0 Å². The minimum Gasteiger partial charge on any atom is -0.428 e. The molecule has 0 aromatic heterocycles. The summed E-state index contributed by atoms with van der Waals surface area (Å²) in [6.45, 7) is 1.82. The first-order valence-corrected chi connectivity index (χ1v) is 6.78. The van der Waals surface area contributed by atoms with E-state index in [0.29, 0.717) is 0 Å². The van der Waals surface area contributed by atoms with Gasteiger partial charge in [0.05, 0.1) is 4.92 Å². The Labute approximate surface area is 135 Å². The van der Waals surface area contributed by atoms with Crippen LogP contribution in [0.3, 0.4) is 0 Å². The molecule has 0 aliphatic heterocycles. The highest BCUT2D eigenvalue weighted by molar-refractivity contribution is 5.80. The predicted octanol–water partition coefficient (Wildman–Crippen LogP) is 5.57. The van der Waals surface area contributed by atoms with Crippen LogP contribution < -0.4 is 4.74 Å². The molecule has 0 aliphatic carbocycles. The number of hydrogen-bond acceptors (Lipinski definition) is 3. The third kappa shape index (κ3) is 4.45. The van der Waals surface area contributed by atoms with Crippen LogP contribution in [0.15, 0.2) is 60.6 Å². The number of halogens is 3. The molecule has 0 N–H and O–H groups in total. The summed E-state index contributed by atoms with van der Waals surface area (Å²) in [5, 5.41) is 10.6. The fourth-order valence-electron chi connectivity index (χ4n) is 1.95. The molecule has 0 fully saturated rings. The minimum absolute atomic E-state index is 0.00137. The second-order valence-corrected chi connectivity index (χ2v) is 4.84. The van der Waals surface area contributed by atoms with Gasteiger partial charge in [-0.2, -0.15) is 13.2 Å². The first-order chi connectivity index (χ1) is 11.4. The summed E-state index contributed by atoms with van der Waals surface area (Å²) in [4.78, 5) is 10.1. The van der Waals surface area contributed by atoms with Crippen molar-refractivity contribution >= 4 is 17.3 Å². The van der Waals surface area contributed by atoms with Crippen molar-refractivity contribution in [2.75, 3.05) is 0 Å². The number of nitro groups is 1. The molecule has 4 nitrogen and oxygen atoms in total. The molecule has 0 aliphatic rings. The molecular formula is C17H12F3NO3. The second kappa shape index (κ2) is 7.45. The number of nitrogens with zero attached hydrogens (tertiary/aromatic N) is 1. The molecule has 0 amide bonds. The molecule has 0 saturated carbocycles. The van der Waals surface area contributed by atoms with Gasteiger partial charge in [0.15, 0.2) is 0 Å². The average molecular weight is 335 g/mol. The lowest BCUT2D eigenvalue weighted by molar-refractivity contribution is -0.384. The summed E-state index contributed by atoms with van der Waals surface area (Å²) < 4.78 is 41.0. The maximum atomic E-state index is 12.7. The Hall–Kier alpha value is -3.09. The number of benzene rings is 2. The van der Waals surface area contributed by atoms with E-state index in [0.717, 1.165) is 16.7 Å². The standard InChI is InChI=1S/C17H12F3NO3/c1-11(10-12-2-6-14(7-3-12)21(22)23)13-4-8-15(9-5-13)24-17(20)16(18)19/h2-10H,1H3/b11-10+. The maximum Gasteiger partial charge on any atom is 0.344 e. The van der Waals surface area contributed by atoms with Crippen molar-refractivity contribution in [1.82, 2.24) is 0 Å². The first-order valence-electron chi connectivity index (χ1n) is 6.78. The van der Waals surface area contributed by atoms with Crippen LogP contribution in [-0.4, -0.2) is 4.92 Å². The Kier molecular flexibility index (Phi) is 5.36. The number of allylic oxidation sites excluding steroid dienone is 1. The van der Waals surface area contributed by atoms with E-state index in [9.17, 15) is 23.3 Å². The average Bonchev–Trinajstić information content (AvgIpc) is 2.55. The molecular weight excluding hydrogens is 323 g/mol. The summed E-state index contributed by atoms with van der Waals surface area (Å²) in [7, 11) is 0. The quantitative estimate of drug-likeness (QED) is 0.311. The van der Waals surface area contributed by atoms with Gasteiger partial charge in [-0.05, 0) is 47.9 Å². The van der Waals surface area contributed by atoms with Gasteiger partial charge in [0, 0.05) is 12.1 Å². The fraction of sp³-hybridized carbons (Fsp3) is 0.0588. The molecule has 2 aromatic rings. The van der Waals surface area contributed by atoms with Gasteiger partial charge in [0.25, 0.3) is 5.69 Å². The maximum absolute atomic E-state index is 12.7. The van der Waals surface area contributed by atoms with Gasteiger partial charge in [-0.25, -0.2) is 0 Å². The van der Waals surface area contributed by atoms with Crippen LogP contribution >= 0.6 is 0 Å². The highest BCUT2D eigenvalue weighted by atomic mass is 19.3. The van der Waals surface area contributed by atoms with Gasteiger partial charge in [-0.1, -0.05) is 18.2 Å². The van der Waals surface area contributed by atoms with Crippen LogP contribution in [0, 0.1) is 10.1 Å². The zero-order chi connectivity index (χ0) is 17.7. The van der Waals surface area contributed by atoms with E-state index >= 15 is 0 Å². The Morgan fingerprint density at radius 2 is 1.62 bits per heavy atom. The van der Waals surface area contributed by atoms with Gasteiger partial charge < -0.3 is 4.74 Å². The van der Waals surface area contributed by atoms with E-state index in [1.807, 2.05) is 6.92 Å². The Morgan fingerprint density at radius 3 is 2.12 bits per heavy atom. The number of rotatable bonds is 5. The largest absolute Gasteiger partial charge is 0.428 e. The number of ether oxygens (including phenoxy) is 1.